The number of fused-ring (bicyclic) bond motifs is 3. The van der Waals surface area contributed by atoms with Crippen LogP contribution in [0.15, 0.2) is 54.7 Å². The van der Waals surface area contributed by atoms with Gasteiger partial charge in [-0.2, -0.15) is 5.10 Å². The molecule has 1 aliphatic carbocycles. The van der Waals surface area contributed by atoms with E-state index in [0.717, 1.165) is 28.5 Å². The molecule has 182 valence electrons. The highest BCUT2D eigenvalue weighted by Gasteiger charge is 2.37. The monoisotopic (exact) mass is 476 g/mol. The summed E-state index contributed by atoms with van der Waals surface area (Å²) in [5.41, 5.74) is 2.97. The summed E-state index contributed by atoms with van der Waals surface area (Å²) in [6, 6.07) is 16.1. The first kappa shape index (κ1) is 24.0. The van der Waals surface area contributed by atoms with Crippen LogP contribution in [0.25, 0.3) is 11.1 Å². The Labute approximate surface area is 203 Å². The van der Waals surface area contributed by atoms with Crippen LogP contribution in [0.4, 0.5) is 10.6 Å². The normalized spacial score (nSPS) is 13.9. The van der Waals surface area contributed by atoms with E-state index in [4.69, 9.17) is 4.74 Å². The molecule has 1 unspecified atom stereocenters. The largest absolute Gasteiger partial charge is 0.477 e. The number of amides is 2. The van der Waals surface area contributed by atoms with Crippen molar-refractivity contribution in [3.63, 3.8) is 0 Å². The number of hydrogen-bond acceptors (Lipinski definition) is 5. The third kappa shape index (κ3) is 4.62. The summed E-state index contributed by atoms with van der Waals surface area (Å²) in [6.45, 7) is 3.59. The smallest absolute Gasteiger partial charge is 0.408 e. The lowest BCUT2D eigenvalue weighted by Crippen LogP contribution is -2.55. The number of aromatic carboxylic acids is 1. The SMILES string of the molecule is CCCC(C)(NC(=O)OCC1c2ccccc2-c2ccccc21)C(=O)Nc1c(C(=O)O)cnn1C. The van der Waals surface area contributed by atoms with Crippen LogP contribution in [0, 0.1) is 0 Å². The number of nitrogens with zero attached hydrogens (tertiary/aromatic N) is 2. The number of benzene rings is 2. The molecule has 0 saturated carbocycles. The molecule has 0 saturated heterocycles. The van der Waals surface area contributed by atoms with Gasteiger partial charge in [0.1, 0.15) is 23.5 Å². The number of nitrogens with one attached hydrogen (secondary N) is 2. The summed E-state index contributed by atoms with van der Waals surface area (Å²) < 4.78 is 6.88. The number of carboxylic acid groups (broad SMARTS) is 1. The van der Waals surface area contributed by atoms with Crippen LogP contribution in [-0.2, 0) is 16.6 Å². The summed E-state index contributed by atoms with van der Waals surface area (Å²) in [5.74, 6) is -1.83. The maximum Gasteiger partial charge on any atom is 0.408 e. The summed E-state index contributed by atoms with van der Waals surface area (Å²) in [7, 11) is 1.53. The summed E-state index contributed by atoms with van der Waals surface area (Å²) >= 11 is 0. The summed E-state index contributed by atoms with van der Waals surface area (Å²) in [5, 5.41) is 18.6. The first-order valence-corrected chi connectivity index (χ1v) is 11.4. The van der Waals surface area contributed by atoms with Gasteiger partial charge < -0.3 is 20.5 Å². The molecule has 0 radical (unpaired) electrons. The first-order chi connectivity index (χ1) is 16.7. The van der Waals surface area contributed by atoms with Gasteiger partial charge in [0, 0.05) is 13.0 Å². The molecule has 2 amide bonds. The number of aromatic nitrogens is 2. The van der Waals surface area contributed by atoms with Gasteiger partial charge in [-0.25, -0.2) is 9.59 Å². The molecule has 0 aliphatic heterocycles. The first-order valence-electron chi connectivity index (χ1n) is 11.4. The predicted molar refractivity (Wildman–Crippen MR) is 130 cm³/mol. The predicted octanol–water partition coefficient (Wildman–Crippen LogP) is 4.15. The second kappa shape index (κ2) is 9.61. The highest BCUT2D eigenvalue weighted by Crippen LogP contribution is 2.44. The van der Waals surface area contributed by atoms with Crippen LogP contribution in [0.5, 0.6) is 0 Å². The summed E-state index contributed by atoms with van der Waals surface area (Å²) in [6.07, 6.45) is 1.36. The van der Waals surface area contributed by atoms with Crippen LogP contribution >= 0.6 is 0 Å². The third-order valence-electron chi connectivity index (χ3n) is 6.37. The van der Waals surface area contributed by atoms with Gasteiger partial charge in [-0.15, -0.1) is 0 Å². The van der Waals surface area contributed by atoms with Crippen LogP contribution in [0.2, 0.25) is 0 Å². The lowest BCUT2D eigenvalue weighted by molar-refractivity contribution is -0.122. The Morgan fingerprint density at radius 1 is 1.09 bits per heavy atom. The van der Waals surface area contributed by atoms with Crippen molar-refractivity contribution in [1.82, 2.24) is 15.1 Å². The molecule has 35 heavy (non-hydrogen) atoms. The molecule has 1 aliphatic rings. The number of carbonyl (C=O) groups is 3. The van der Waals surface area contributed by atoms with E-state index in [1.807, 2.05) is 43.3 Å². The quantitative estimate of drug-likeness (QED) is 0.449. The Bertz CT molecular complexity index is 1240. The van der Waals surface area contributed by atoms with Crippen LogP contribution in [-0.4, -0.2) is 45.0 Å². The maximum absolute atomic E-state index is 13.2. The van der Waals surface area contributed by atoms with Crippen LogP contribution in [0.1, 0.15) is 54.1 Å². The molecule has 2 aromatic carbocycles. The number of carboxylic acids is 1. The Morgan fingerprint density at radius 2 is 1.69 bits per heavy atom. The molecule has 0 spiro atoms. The molecule has 9 heteroatoms. The fourth-order valence-corrected chi connectivity index (χ4v) is 4.58. The number of hydrogen-bond donors (Lipinski definition) is 3. The zero-order chi connectivity index (χ0) is 25.2. The van der Waals surface area contributed by atoms with Crippen molar-refractivity contribution in [1.29, 1.82) is 0 Å². The van der Waals surface area contributed by atoms with Gasteiger partial charge in [-0.1, -0.05) is 61.9 Å². The Balaban J connectivity index is 1.47. The summed E-state index contributed by atoms with van der Waals surface area (Å²) in [4.78, 5) is 37.5. The van der Waals surface area contributed by atoms with Crippen molar-refractivity contribution in [2.75, 3.05) is 11.9 Å². The van der Waals surface area contributed by atoms with E-state index in [0.29, 0.717) is 12.8 Å². The Kier molecular flexibility index (Phi) is 6.59. The molecular weight excluding hydrogens is 448 g/mol. The molecule has 1 heterocycles. The van der Waals surface area contributed by atoms with E-state index in [2.05, 4.69) is 27.9 Å². The molecule has 1 atom stereocenters. The van der Waals surface area contributed by atoms with Crippen molar-refractivity contribution in [3.05, 3.63) is 71.4 Å². The lowest BCUT2D eigenvalue weighted by Gasteiger charge is -2.29. The lowest BCUT2D eigenvalue weighted by atomic mass is 9.95. The van der Waals surface area contributed by atoms with Gasteiger partial charge in [-0.3, -0.25) is 9.48 Å². The Hall–Kier alpha value is -4.14. The van der Waals surface area contributed by atoms with Gasteiger partial charge in [0.15, 0.2) is 0 Å². The van der Waals surface area contributed by atoms with Crippen molar-refractivity contribution < 1.29 is 24.2 Å². The third-order valence-corrected chi connectivity index (χ3v) is 6.37. The molecule has 9 nitrogen and oxygen atoms in total. The standard InChI is InChI=1S/C26H28N4O5/c1-4-13-26(2,24(33)28-22-20(23(31)32)14-27-30(22)3)29-25(34)35-15-21-18-11-7-5-9-16(18)17-10-6-8-12-19(17)21/h5-12,14,21H,4,13,15H2,1-3H3,(H,28,33)(H,29,34)(H,31,32). The molecule has 0 bridgehead atoms. The minimum absolute atomic E-state index is 0.0409. The number of aryl methyl sites for hydroxylation is 1. The van der Waals surface area contributed by atoms with Gasteiger partial charge in [0.2, 0.25) is 0 Å². The highest BCUT2D eigenvalue weighted by atomic mass is 16.5. The second-order valence-electron chi connectivity index (χ2n) is 8.82. The molecular formula is C26H28N4O5. The minimum atomic E-state index is -1.32. The van der Waals surface area contributed by atoms with Crippen molar-refractivity contribution >= 4 is 23.8 Å². The van der Waals surface area contributed by atoms with E-state index < -0.39 is 23.5 Å². The fourth-order valence-electron chi connectivity index (χ4n) is 4.58. The van der Waals surface area contributed by atoms with E-state index in [-0.39, 0.29) is 23.9 Å². The molecule has 3 aromatic rings. The molecule has 3 N–H and O–H groups in total. The molecule has 0 fully saturated rings. The van der Waals surface area contributed by atoms with Gasteiger partial charge in [0.25, 0.3) is 5.91 Å². The van der Waals surface area contributed by atoms with E-state index in [1.54, 1.807) is 6.92 Å². The van der Waals surface area contributed by atoms with Gasteiger partial charge in [-0.05, 0) is 35.6 Å². The fraction of sp³-hybridized carbons (Fsp3) is 0.308. The van der Waals surface area contributed by atoms with Gasteiger partial charge >= 0.3 is 12.1 Å². The maximum atomic E-state index is 13.2. The van der Waals surface area contributed by atoms with Crippen molar-refractivity contribution in [3.8, 4) is 11.1 Å². The zero-order valence-corrected chi connectivity index (χ0v) is 19.9. The highest BCUT2D eigenvalue weighted by molar-refractivity contribution is 6.03. The number of rotatable bonds is 8. The van der Waals surface area contributed by atoms with Gasteiger partial charge in [0.05, 0.1) is 6.20 Å². The molecule has 4 rings (SSSR count). The van der Waals surface area contributed by atoms with Crippen molar-refractivity contribution in [2.24, 2.45) is 7.05 Å². The average molecular weight is 477 g/mol. The number of anilines is 1. The van der Waals surface area contributed by atoms with Crippen LogP contribution in [0.3, 0.4) is 0 Å². The van der Waals surface area contributed by atoms with Crippen molar-refractivity contribution in [2.45, 2.75) is 38.1 Å². The van der Waals surface area contributed by atoms with E-state index in [9.17, 15) is 19.5 Å². The number of carbonyl (C=O) groups excluding carboxylic acids is 2. The second-order valence-corrected chi connectivity index (χ2v) is 8.82. The average Bonchev–Trinajstić information content (AvgIpc) is 3.35. The molecule has 1 aromatic heterocycles. The number of ether oxygens (including phenoxy) is 1. The number of alkyl carbamates (subject to hydrolysis) is 1. The Morgan fingerprint density at radius 3 is 2.26 bits per heavy atom. The van der Waals surface area contributed by atoms with E-state index >= 15 is 0 Å². The minimum Gasteiger partial charge on any atom is -0.477 e. The topological polar surface area (TPSA) is 123 Å². The zero-order valence-electron chi connectivity index (χ0n) is 19.9. The van der Waals surface area contributed by atoms with Crippen LogP contribution < -0.4 is 10.6 Å². The van der Waals surface area contributed by atoms with E-state index in [1.165, 1.54) is 11.7 Å².